The fourth-order valence-electron chi connectivity index (χ4n) is 4.82. The van der Waals surface area contributed by atoms with Gasteiger partial charge in [-0.15, -0.1) is 0 Å². The molecule has 0 N–H and O–H groups in total. The third-order valence-corrected chi connectivity index (χ3v) is 6.34. The number of rotatable bonds is 2. The van der Waals surface area contributed by atoms with Gasteiger partial charge in [0.15, 0.2) is 0 Å². The van der Waals surface area contributed by atoms with E-state index in [1.807, 2.05) is 0 Å². The van der Waals surface area contributed by atoms with Gasteiger partial charge in [0.05, 0.1) is 5.54 Å². The van der Waals surface area contributed by atoms with Gasteiger partial charge in [0, 0.05) is 17.3 Å². The molecule has 1 saturated carbocycles. The molecular weight excluding hydrogens is 232 g/mol. The third kappa shape index (κ3) is 0.926. The summed E-state index contributed by atoms with van der Waals surface area (Å²) in [6.45, 7) is 6.98. The molecule has 2 bridgehead atoms. The normalized spacial score (nSPS) is 49.2. The smallest absolute Gasteiger partial charge is 0.121 e. The van der Waals surface area contributed by atoms with Gasteiger partial charge in [0.2, 0.25) is 0 Å². The molecule has 1 aromatic rings. The minimum Gasteiger partial charge on any atom is -0.185 e. The molecule has 1 heterocycles. The molecule has 3 aliphatic rings. The van der Waals surface area contributed by atoms with Crippen LogP contribution in [0.4, 0.5) is 0 Å². The summed E-state index contributed by atoms with van der Waals surface area (Å²) in [4.78, 5) is 0. The van der Waals surface area contributed by atoms with Crippen LogP contribution in [0, 0.1) is 17.3 Å². The zero-order chi connectivity index (χ0) is 13.3. The van der Waals surface area contributed by atoms with Crippen LogP contribution in [0.2, 0.25) is 0 Å². The first kappa shape index (κ1) is 11.4. The van der Waals surface area contributed by atoms with Crippen LogP contribution in [0.25, 0.3) is 0 Å². The van der Waals surface area contributed by atoms with Crippen LogP contribution in [0.1, 0.15) is 32.8 Å². The van der Waals surface area contributed by atoms with E-state index in [1.54, 1.807) is 0 Å². The zero-order valence-corrected chi connectivity index (χ0v) is 11.8. The maximum absolute atomic E-state index is 4.86. The maximum Gasteiger partial charge on any atom is 0.121 e. The summed E-state index contributed by atoms with van der Waals surface area (Å²) in [7, 11) is 0. The zero-order valence-electron chi connectivity index (χ0n) is 11.8. The molecule has 19 heavy (non-hydrogen) atoms. The first-order valence-electron chi connectivity index (χ1n) is 7.28. The number of azo groups is 1. The highest BCUT2D eigenvalue weighted by Crippen LogP contribution is 2.74. The average Bonchev–Trinajstić information content (AvgIpc) is 2.67. The average molecular weight is 252 g/mol. The topological polar surface area (TPSA) is 24.7 Å². The summed E-state index contributed by atoms with van der Waals surface area (Å²) < 4.78 is 0. The van der Waals surface area contributed by atoms with E-state index >= 15 is 0 Å². The molecule has 4 rings (SSSR count). The van der Waals surface area contributed by atoms with Crippen LogP contribution in [-0.4, -0.2) is 5.54 Å². The lowest BCUT2D eigenvalue weighted by molar-refractivity contribution is 0.138. The highest BCUT2D eigenvalue weighted by molar-refractivity contribution is 5.45. The second kappa shape index (κ2) is 3.17. The Balaban J connectivity index is 2.00. The van der Waals surface area contributed by atoms with Gasteiger partial charge >= 0.3 is 0 Å². The van der Waals surface area contributed by atoms with Gasteiger partial charge in [-0.1, -0.05) is 56.3 Å². The SMILES string of the molecule is CC[C@]1(C)[C@]2(C)N=N[C@@]1(c1ccccc1)[C@H]1C=C[C@H]12. The first-order valence-corrected chi connectivity index (χ1v) is 7.28. The fraction of sp³-hybridized carbons (Fsp3) is 0.529. The summed E-state index contributed by atoms with van der Waals surface area (Å²) in [6.07, 6.45) is 5.82. The highest BCUT2D eigenvalue weighted by atomic mass is 15.3. The van der Waals surface area contributed by atoms with Crippen LogP contribution >= 0.6 is 0 Å². The van der Waals surface area contributed by atoms with E-state index in [0.717, 1.165) is 6.42 Å². The van der Waals surface area contributed by atoms with Gasteiger partial charge in [0.1, 0.15) is 5.54 Å². The number of benzene rings is 1. The Kier molecular flexibility index (Phi) is 1.90. The Morgan fingerprint density at radius 3 is 2.26 bits per heavy atom. The minimum atomic E-state index is -0.142. The quantitative estimate of drug-likeness (QED) is 0.700. The van der Waals surface area contributed by atoms with E-state index < -0.39 is 0 Å². The Morgan fingerprint density at radius 1 is 1.00 bits per heavy atom. The second-order valence-corrected chi connectivity index (χ2v) is 6.60. The highest BCUT2D eigenvalue weighted by Gasteiger charge is 2.77. The van der Waals surface area contributed by atoms with Gasteiger partial charge in [-0.2, -0.15) is 10.2 Å². The maximum atomic E-state index is 4.86. The number of hydrogen-bond donors (Lipinski definition) is 0. The van der Waals surface area contributed by atoms with E-state index in [1.165, 1.54) is 5.56 Å². The Morgan fingerprint density at radius 2 is 1.68 bits per heavy atom. The van der Waals surface area contributed by atoms with Gasteiger partial charge in [-0.25, -0.2) is 0 Å². The molecule has 0 spiro atoms. The summed E-state index contributed by atoms with van der Waals surface area (Å²) >= 11 is 0. The molecule has 0 saturated heterocycles. The molecular formula is C17H20N2. The molecule has 0 radical (unpaired) electrons. The lowest BCUT2D eigenvalue weighted by atomic mass is 9.62. The van der Waals surface area contributed by atoms with Crippen LogP contribution in [0.3, 0.4) is 0 Å². The molecule has 1 fully saturated rings. The minimum absolute atomic E-state index is 0.0307. The summed E-state index contributed by atoms with van der Waals surface area (Å²) in [5.74, 6) is 1.09. The van der Waals surface area contributed by atoms with E-state index in [4.69, 9.17) is 10.2 Å². The van der Waals surface area contributed by atoms with Gasteiger partial charge < -0.3 is 0 Å². The van der Waals surface area contributed by atoms with Gasteiger partial charge in [-0.05, 0) is 18.9 Å². The van der Waals surface area contributed by atoms with Gasteiger partial charge in [-0.3, -0.25) is 0 Å². The summed E-state index contributed by atoms with van der Waals surface area (Å²) in [5.41, 5.74) is 1.28. The summed E-state index contributed by atoms with van der Waals surface area (Å²) in [6, 6.07) is 10.8. The van der Waals surface area contributed by atoms with Crippen molar-refractivity contribution in [1.29, 1.82) is 0 Å². The standard InChI is InChI=1S/C17H20N2/c1-4-15(2)16(3)13-10-11-14(13)17(15,19-18-16)12-8-6-5-7-9-12/h5-11,13-14H,4H2,1-3H3/t13-,14+,15-,16-,17+/m1/s1. The Hall–Kier alpha value is -1.44. The summed E-state index contributed by atoms with van der Waals surface area (Å²) in [5, 5.41) is 9.62. The predicted octanol–water partition coefficient (Wildman–Crippen LogP) is 4.34. The molecule has 0 amide bonds. The van der Waals surface area contributed by atoms with Crippen molar-refractivity contribution in [1.82, 2.24) is 0 Å². The van der Waals surface area contributed by atoms with Crippen LogP contribution < -0.4 is 0 Å². The van der Waals surface area contributed by atoms with E-state index in [-0.39, 0.29) is 16.5 Å². The number of nitrogens with zero attached hydrogens (tertiary/aromatic N) is 2. The molecule has 5 atom stereocenters. The van der Waals surface area contributed by atoms with E-state index in [2.05, 4.69) is 63.3 Å². The number of fused-ring (bicyclic) bond motifs is 5. The van der Waals surface area contributed by atoms with Crippen molar-refractivity contribution in [2.24, 2.45) is 27.5 Å². The monoisotopic (exact) mass is 252 g/mol. The molecule has 2 aliphatic carbocycles. The number of hydrogen-bond acceptors (Lipinski definition) is 2. The van der Waals surface area contributed by atoms with Crippen LogP contribution in [0.15, 0.2) is 52.7 Å². The van der Waals surface area contributed by atoms with Crippen molar-refractivity contribution in [2.75, 3.05) is 0 Å². The largest absolute Gasteiger partial charge is 0.185 e. The van der Waals surface area contributed by atoms with Crippen molar-refractivity contribution in [3.63, 3.8) is 0 Å². The van der Waals surface area contributed by atoms with Crippen molar-refractivity contribution in [2.45, 2.75) is 38.3 Å². The van der Waals surface area contributed by atoms with Crippen molar-refractivity contribution in [3.05, 3.63) is 48.0 Å². The lowest BCUT2D eigenvalue weighted by Gasteiger charge is -2.41. The molecule has 1 aromatic carbocycles. The molecule has 98 valence electrons. The predicted molar refractivity (Wildman–Crippen MR) is 75.9 cm³/mol. The van der Waals surface area contributed by atoms with Crippen molar-refractivity contribution < 1.29 is 0 Å². The Bertz CT molecular complexity index is 591. The Labute approximate surface area is 114 Å². The third-order valence-electron chi connectivity index (χ3n) is 6.34. The van der Waals surface area contributed by atoms with Gasteiger partial charge in [0.25, 0.3) is 0 Å². The van der Waals surface area contributed by atoms with Crippen LogP contribution in [-0.2, 0) is 5.54 Å². The molecule has 1 aliphatic heterocycles. The fourth-order valence-corrected chi connectivity index (χ4v) is 4.82. The molecule has 0 aromatic heterocycles. The first-order chi connectivity index (χ1) is 9.10. The van der Waals surface area contributed by atoms with Crippen molar-refractivity contribution in [3.8, 4) is 0 Å². The molecule has 2 heteroatoms. The van der Waals surface area contributed by atoms with Crippen LogP contribution in [0.5, 0.6) is 0 Å². The molecule has 0 unspecified atom stereocenters. The van der Waals surface area contributed by atoms with E-state index in [9.17, 15) is 0 Å². The lowest BCUT2D eigenvalue weighted by Crippen LogP contribution is -2.45. The second-order valence-electron chi connectivity index (χ2n) is 6.60. The van der Waals surface area contributed by atoms with E-state index in [0.29, 0.717) is 11.8 Å². The molecule has 2 nitrogen and oxygen atoms in total. The van der Waals surface area contributed by atoms with Crippen molar-refractivity contribution >= 4 is 0 Å².